The van der Waals surface area contributed by atoms with Crippen LogP contribution in [0.25, 0.3) is 6.08 Å². The van der Waals surface area contributed by atoms with Crippen molar-refractivity contribution in [2.24, 2.45) is 4.99 Å². The molecule has 0 amide bonds. The maximum Gasteiger partial charge on any atom is 0.363 e. The maximum absolute atomic E-state index is 12.2. The number of nitrogens with zero attached hydrogens (tertiary/aromatic N) is 1. The molecular weight excluding hydrogens is 457 g/mol. The molecule has 0 radical (unpaired) electrons. The SMILES string of the molecule is C=C(C)COc1c(I)cc(/C=C2\N=C(c3ccccc3)OC2=O)cc1OC. The van der Waals surface area contributed by atoms with Crippen LogP contribution in [0.15, 0.2) is 65.3 Å². The zero-order chi connectivity index (χ0) is 19.4. The fourth-order valence-electron chi connectivity index (χ4n) is 2.43. The molecule has 6 heteroatoms. The monoisotopic (exact) mass is 475 g/mol. The Balaban J connectivity index is 1.92. The van der Waals surface area contributed by atoms with Crippen LogP contribution in [0, 0.1) is 3.57 Å². The number of cyclic esters (lactones) is 1. The number of hydrogen-bond donors (Lipinski definition) is 0. The van der Waals surface area contributed by atoms with E-state index in [1.54, 1.807) is 19.3 Å². The summed E-state index contributed by atoms with van der Waals surface area (Å²) in [4.78, 5) is 16.5. The largest absolute Gasteiger partial charge is 0.493 e. The molecule has 0 fully saturated rings. The first-order chi connectivity index (χ1) is 13.0. The summed E-state index contributed by atoms with van der Waals surface area (Å²) in [5.74, 6) is 1.04. The van der Waals surface area contributed by atoms with E-state index in [1.807, 2.05) is 43.3 Å². The fourth-order valence-corrected chi connectivity index (χ4v) is 3.21. The van der Waals surface area contributed by atoms with Crippen LogP contribution in [0.1, 0.15) is 18.1 Å². The molecule has 2 aromatic carbocycles. The Labute approximate surface area is 171 Å². The van der Waals surface area contributed by atoms with Crippen LogP contribution in [0.3, 0.4) is 0 Å². The predicted octanol–water partition coefficient (Wildman–Crippen LogP) is 4.60. The number of benzene rings is 2. The summed E-state index contributed by atoms with van der Waals surface area (Å²) in [6, 6.07) is 13.0. The number of carbonyl (C=O) groups excluding carboxylic acids is 1. The first-order valence-corrected chi connectivity index (χ1v) is 9.28. The Morgan fingerprint density at radius 2 is 2.04 bits per heavy atom. The second-order valence-electron chi connectivity index (χ2n) is 5.98. The zero-order valence-electron chi connectivity index (χ0n) is 15.0. The number of methoxy groups -OCH3 is 1. The minimum Gasteiger partial charge on any atom is -0.493 e. The molecule has 0 aliphatic carbocycles. The Hall–Kier alpha value is -2.61. The molecule has 138 valence electrons. The molecule has 2 aromatic rings. The number of esters is 1. The number of halogens is 1. The van der Waals surface area contributed by atoms with Crippen molar-refractivity contribution in [3.05, 3.63) is 75.0 Å². The molecule has 0 saturated heterocycles. The van der Waals surface area contributed by atoms with Crippen LogP contribution >= 0.6 is 22.6 Å². The van der Waals surface area contributed by atoms with Gasteiger partial charge < -0.3 is 14.2 Å². The quantitative estimate of drug-likeness (QED) is 0.265. The zero-order valence-corrected chi connectivity index (χ0v) is 17.1. The van der Waals surface area contributed by atoms with Crippen LogP contribution in [0.2, 0.25) is 0 Å². The van der Waals surface area contributed by atoms with Gasteiger partial charge in [-0.3, -0.25) is 0 Å². The highest BCUT2D eigenvalue weighted by Crippen LogP contribution is 2.35. The minimum atomic E-state index is -0.481. The second kappa shape index (κ2) is 8.39. The molecule has 0 N–H and O–H groups in total. The first kappa shape index (κ1) is 19.2. The molecule has 1 aliphatic rings. The molecule has 0 spiro atoms. The van der Waals surface area contributed by atoms with Gasteiger partial charge in [-0.05, 0) is 71.0 Å². The van der Waals surface area contributed by atoms with Crippen molar-refractivity contribution >= 4 is 40.5 Å². The van der Waals surface area contributed by atoms with E-state index in [1.165, 1.54) is 0 Å². The van der Waals surface area contributed by atoms with Crippen LogP contribution in [0.4, 0.5) is 0 Å². The molecule has 1 aliphatic heterocycles. The molecule has 3 rings (SSSR count). The molecule has 0 bridgehead atoms. The lowest BCUT2D eigenvalue weighted by molar-refractivity contribution is -0.129. The summed E-state index contributed by atoms with van der Waals surface area (Å²) < 4.78 is 17.4. The summed E-state index contributed by atoms with van der Waals surface area (Å²) in [5.41, 5.74) is 2.67. The number of aliphatic imine (C=N–C) groups is 1. The van der Waals surface area contributed by atoms with E-state index in [0.717, 1.165) is 20.3 Å². The molecule has 5 nitrogen and oxygen atoms in total. The van der Waals surface area contributed by atoms with E-state index < -0.39 is 5.97 Å². The molecule has 0 atom stereocenters. The topological polar surface area (TPSA) is 57.1 Å². The van der Waals surface area contributed by atoms with Gasteiger partial charge in [0.05, 0.1) is 10.7 Å². The van der Waals surface area contributed by atoms with Gasteiger partial charge in [-0.15, -0.1) is 0 Å². The van der Waals surface area contributed by atoms with Gasteiger partial charge in [0.1, 0.15) is 6.61 Å². The Kier molecular flexibility index (Phi) is 5.95. The van der Waals surface area contributed by atoms with E-state index in [-0.39, 0.29) is 5.70 Å². The Morgan fingerprint density at radius 1 is 1.30 bits per heavy atom. The van der Waals surface area contributed by atoms with Gasteiger partial charge >= 0.3 is 5.97 Å². The average Bonchev–Trinajstić information content (AvgIpc) is 3.01. The van der Waals surface area contributed by atoms with Gasteiger partial charge in [-0.1, -0.05) is 24.8 Å². The summed E-state index contributed by atoms with van der Waals surface area (Å²) >= 11 is 2.17. The van der Waals surface area contributed by atoms with Gasteiger partial charge in [0.15, 0.2) is 17.2 Å². The van der Waals surface area contributed by atoms with Crippen molar-refractivity contribution in [1.29, 1.82) is 0 Å². The molecule has 1 heterocycles. The lowest BCUT2D eigenvalue weighted by atomic mass is 10.1. The van der Waals surface area contributed by atoms with Crippen molar-refractivity contribution < 1.29 is 19.0 Å². The number of ether oxygens (including phenoxy) is 3. The lowest BCUT2D eigenvalue weighted by Gasteiger charge is -2.13. The first-order valence-electron chi connectivity index (χ1n) is 8.20. The highest BCUT2D eigenvalue weighted by atomic mass is 127. The molecule has 0 saturated carbocycles. The third-order valence-corrected chi connectivity index (χ3v) is 4.46. The van der Waals surface area contributed by atoms with E-state index in [0.29, 0.717) is 24.0 Å². The smallest absolute Gasteiger partial charge is 0.363 e. The van der Waals surface area contributed by atoms with E-state index in [4.69, 9.17) is 14.2 Å². The van der Waals surface area contributed by atoms with Crippen molar-refractivity contribution in [3.8, 4) is 11.5 Å². The van der Waals surface area contributed by atoms with E-state index in [2.05, 4.69) is 34.2 Å². The molecule has 0 aromatic heterocycles. The minimum absolute atomic E-state index is 0.238. The van der Waals surface area contributed by atoms with E-state index in [9.17, 15) is 4.79 Å². The maximum atomic E-state index is 12.2. The summed E-state index contributed by atoms with van der Waals surface area (Å²) in [6.45, 7) is 6.14. The highest BCUT2D eigenvalue weighted by molar-refractivity contribution is 14.1. The normalized spacial score (nSPS) is 14.7. The molecular formula is C21H18INO4. The summed E-state index contributed by atoms with van der Waals surface area (Å²) in [6.07, 6.45) is 1.67. The highest BCUT2D eigenvalue weighted by Gasteiger charge is 2.24. The van der Waals surface area contributed by atoms with Gasteiger partial charge in [0.2, 0.25) is 5.90 Å². The standard InChI is InChI=1S/C21H18INO4/c1-13(2)12-26-19-16(22)9-14(11-18(19)25-3)10-17-21(24)27-20(23-17)15-7-5-4-6-8-15/h4-11H,1,12H2,2-3H3/b17-10-. The van der Waals surface area contributed by atoms with Crippen molar-refractivity contribution in [3.63, 3.8) is 0 Å². The lowest BCUT2D eigenvalue weighted by Crippen LogP contribution is -2.05. The van der Waals surface area contributed by atoms with Crippen LogP contribution in [0.5, 0.6) is 11.5 Å². The Bertz CT molecular complexity index is 948. The van der Waals surface area contributed by atoms with E-state index >= 15 is 0 Å². The van der Waals surface area contributed by atoms with Crippen molar-refractivity contribution in [1.82, 2.24) is 0 Å². The third-order valence-electron chi connectivity index (χ3n) is 3.66. The second-order valence-corrected chi connectivity index (χ2v) is 7.14. The fraction of sp³-hybridized carbons (Fsp3) is 0.143. The van der Waals surface area contributed by atoms with Crippen molar-refractivity contribution in [2.75, 3.05) is 13.7 Å². The van der Waals surface area contributed by atoms with Crippen LogP contribution in [-0.2, 0) is 9.53 Å². The summed E-state index contributed by atoms with van der Waals surface area (Å²) in [5, 5.41) is 0. The van der Waals surface area contributed by atoms with Crippen molar-refractivity contribution in [2.45, 2.75) is 6.92 Å². The third kappa shape index (κ3) is 4.57. The molecule has 27 heavy (non-hydrogen) atoms. The predicted molar refractivity (Wildman–Crippen MR) is 113 cm³/mol. The van der Waals surface area contributed by atoms with Gasteiger partial charge in [-0.25, -0.2) is 9.79 Å². The van der Waals surface area contributed by atoms with Gasteiger partial charge in [-0.2, -0.15) is 0 Å². The van der Waals surface area contributed by atoms with Crippen LogP contribution in [-0.4, -0.2) is 25.6 Å². The van der Waals surface area contributed by atoms with Gasteiger partial charge in [0.25, 0.3) is 0 Å². The molecule has 0 unspecified atom stereocenters. The van der Waals surface area contributed by atoms with Crippen LogP contribution < -0.4 is 9.47 Å². The Morgan fingerprint density at radius 3 is 2.70 bits per heavy atom. The number of hydrogen-bond acceptors (Lipinski definition) is 5. The van der Waals surface area contributed by atoms with Gasteiger partial charge in [0, 0.05) is 5.56 Å². The summed E-state index contributed by atoms with van der Waals surface area (Å²) in [7, 11) is 1.57. The average molecular weight is 475 g/mol. The number of rotatable bonds is 6. The number of carbonyl (C=O) groups is 1.